The number of likely N-dealkylation sites (N-methyl/N-ethyl adjacent to an activating group) is 1. The van der Waals surface area contributed by atoms with Crippen LogP contribution in [0.4, 0.5) is 4.39 Å². The van der Waals surface area contributed by atoms with Gasteiger partial charge < -0.3 is 5.32 Å². The van der Waals surface area contributed by atoms with Gasteiger partial charge in [0.2, 0.25) is 0 Å². The number of likely N-dealkylation sites (tertiary alicyclic amines) is 1. The van der Waals surface area contributed by atoms with E-state index in [1.54, 1.807) is 24.4 Å². The Bertz CT molecular complexity index is 599. The van der Waals surface area contributed by atoms with Gasteiger partial charge in [-0.15, -0.1) is 0 Å². The fraction of sp³-hybridized carbons (Fsp3) is 0.438. The molecule has 106 valence electrons. The fourth-order valence-corrected chi connectivity index (χ4v) is 3.00. The van der Waals surface area contributed by atoms with E-state index in [1.807, 2.05) is 13.1 Å². The molecule has 1 N–H and O–H groups in total. The summed E-state index contributed by atoms with van der Waals surface area (Å²) in [6.45, 7) is 2.98. The molecule has 3 rings (SSSR count). The van der Waals surface area contributed by atoms with Crippen LogP contribution >= 0.6 is 0 Å². The van der Waals surface area contributed by atoms with E-state index < -0.39 is 0 Å². The highest BCUT2D eigenvalue weighted by molar-refractivity contribution is 5.82. The lowest BCUT2D eigenvalue weighted by molar-refractivity contribution is 0.188. The van der Waals surface area contributed by atoms with E-state index in [9.17, 15) is 4.39 Å². The van der Waals surface area contributed by atoms with Gasteiger partial charge in [-0.3, -0.25) is 9.88 Å². The van der Waals surface area contributed by atoms with Gasteiger partial charge in [-0.05, 0) is 50.2 Å². The SMILES string of the molecule is CNC1CCCN(Cc2ccc(F)c3cccnc23)C1. The Kier molecular flexibility index (Phi) is 3.94. The molecule has 0 aliphatic carbocycles. The molecule has 1 unspecified atom stereocenters. The third-order valence-corrected chi connectivity index (χ3v) is 4.11. The molecule has 1 aliphatic rings. The maximum Gasteiger partial charge on any atom is 0.132 e. The van der Waals surface area contributed by atoms with Crippen LogP contribution in [-0.2, 0) is 6.54 Å². The highest BCUT2D eigenvalue weighted by Crippen LogP contribution is 2.22. The van der Waals surface area contributed by atoms with Gasteiger partial charge in [0.05, 0.1) is 5.52 Å². The van der Waals surface area contributed by atoms with Gasteiger partial charge >= 0.3 is 0 Å². The average molecular weight is 273 g/mol. The molecule has 1 saturated heterocycles. The number of nitrogens with zero attached hydrogens (tertiary/aromatic N) is 2. The molecule has 0 saturated carbocycles. The summed E-state index contributed by atoms with van der Waals surface area (Å²) in [5.74, 6) is -0.191. The zero-order chi connectivity index (χ0) is 13.9. The van der Waals surface area contributed by atoms with Crippen molar-refractivity contribution in [3.8, 4) is 0 Å². The van der Waals surface area contributed by atoms with Crippen LogP contribution in [0.5, 0.6) is 0 Å². The average Bonchev–Trinajstić information content (AvgIpc) is 2.51. The molecular formula is C16H20FN3. The summed E-state index contributed by atoms with van der Waals surface area (Å²) < 4.78 is 13.8. The van der Waals surface area contributed by atoms with Crippen LogP contribution in [-0.4, -0.2) is 36.1 Å². The molecule has 0 amide bonds. The largest absolute Gasteiger partial charge is 0.316 e. The number of nitrogens with one attached hydrogen (secondary N) is 1. The van der Waals surface area contributed by atoms with Crippen molar-refractivity contribution in [1.82, 2.24) is 15.2 Å². The number of hydrogen-bond acceptors (Lipinski definition) is 3. The van der Waals surface area contributed by atoms with E-state index in [4.69, 9.17) is 0 Å². The van der Waals surface area contributed by atoms with Crippen molar-refractivity contribution in [1.29, 1.82) is 0 Å². The zero-order valence-electron chi connectivity index (χ0n) is 11.8. The van der Waals surface area contributed by atoms with Gasteiger partial charge in [0.25, 0.3) is 0 Å². The first-order chi connectivity index (χ1) is 9.78. The molecule has 0 spiro atoms. The summed E-state index contributed by atoms with van der Waals surface area (Å²) in [4.78, 5) is 6.79. The van der Waals surface area contributed by atoms with E-state index in [0.29, 0.717) is 11.4 Å². The summed E-state index contributed by atoms with van der Waals surface area (Å²) >= 11 is 0. The lowest BCUT2D eigenvalue weighted by atomic mass is 10.0. The van der Waals surface area contributed by atoms with Crippen LogP contribution in [0.1, 0.15) is 18.4 Å². The molecule has 1 aliphatic heterocycles. The summed E-state index contributed by atoms with van der Waals surface area (Å²) in [6.07, 6.45) is 4.17. The molecule has 1 atom stereocenters. The number of fused-ring (bicyclic) bond motifs is 1. The zero-order valence-corrected chi connectivity index (χ0v) is 11.8. The molecule has 20 heavy (non-hydrogen) atoms. The predicted octanol–water partition coefficient (Wildman–Crippen LogP) is 2.56. The second-order valence-electron chi connectivity index (χ2n) is 5.47. The van der Waals surface area contributed by atoms with E-state index in [-0.39, 0.29) is 5.82 Å². The van der Waals surface area contributed by atoms with Crippen molar-refractivity contribution in [3.63, 3.8) is 0 Å². The number of benzene rings is 1. The summed E-state index contributed by atoms with van der Waals surface area (Å²) in [5.41, 5.74) is 1.90. The Hall–Kier alpha value is -1.52. The molecule has 0 bridgehead atoms. The maximum absolute atomic E-state index is 13.8. The molecule has 3 nitrogen and oxygen atoms in total. The minimum atomic E-state index is -0.191. The molecule has 1 aromatic carbocycles. The number of aromatic nitrogens is 1. The lowest BCUT2D eigenvalue weighted by Gasteiger charge is -2.32. The highest BCUT2D eigenvalue weighted by Gasteiger charge is 2.19. The van der Waals surface area contributed by atoms with Gasteiger partial charge in [0, 0.05) is 30.7 Å². The molecule has 0 radical (unpaired) electrons. The second-order valence-corrected chi connectivity index (χ2v) is 5.47. The normalized spacial score (nSPS) is 20.4. The van der Waals surface area contributed by atoms with Crippen LogP contribution in [0.25, 0.3) is 10.9 Å². The second kappa shape index (κ2) is 5.85. The van der Waals surface area contributed by atoms with Crippen molar-refractivity contribution in [2.24, 2.45) is 0 Å². The van der Waals surface area contributed by atoms with Gasteiger partial charge in [-0.1, -0.05) is 6.07 Å². The molecule has 1 fully saturated rings. The number of piperidine rings is 1. The van der Waals surface area contributed by atoms with Crippen molar-refractivity contribution in [2.75, 3.05) is 20.1 Å². The Balaban J connectivity index is 1.86. The highest BCUT2D eigenvalue weighted by atomic mass is 19.1. The molecule has 1 aromatic heterocycles. The van der Waals surface area contributed by atoms with Crippen molar-refractivity contribution < 1.29 is 4.39 Å². The molecule has 2 heterocycles. The van der Waals surface area contributed by atoms with E-state index >= 15 is 0 Å². The standard InChI is InChI=1S/C16H20FN3/c1-18-13-4-3-9-20(11-13)10-12-6-7-15(17)14-5-2-8-19-16(12)14/h2,5-8,13,18H,3-4,9-11H2,1H3. The van der Waals surface area contributed by atoms with Crippen molar-refractivity contribution in [3.05, 3.63) is 41.8 Å². The summed E-state index contributed by atoms with van der Waals surface area (Å²) in [7, 11) is 2.02. The number of halogens is 1. The van der Waals surface area contributed by atoms with Gasteiger partial charge in [0.1, 0.15) is 5.82 Å². The first-order valence-corrected chi connectivity index (χ1v) is 7.19. The maximum atomic E-state index is 13.8. The van der Waals surface area contributed by atoms with Crippen LogP contribution in [0, 0.1) is 5.82 Å². The Morgan fingerprint density at radius 2 is 2.30 bits per heavy atom. The quantitative estimate of drug-likeness (QED) is 0.931. The van der Waals surface area contributed by atoms with Crippen LogP contribution in [0.3, 0.4) is 0 Å². The third kappa shape index (κ3) is 2.67. The first kappa shape index (κ1) is 13.5. The fourth-order valence-electron chi connectivity index (χ4n) is 3.00. The van der Waals surface area contributed by atoms with E-state index in [1.165, 1.54) is 12.8 Å². The monoisotopic (exact) mass is 273 g/mol. The van der Waals surface area contributed by atoms with E-state index in [0.717, 1.165) is 30.7 Å². The van der Waals surface area contributed by atoms with Crippen molar-refractivity contribution in [2.45, 2.75) is 25.4 Å². The Morgan fingerprint density at radius 3 is 3.15 bits per heavy atom. The molecule has 4 heteroatoms. The smallest absolute Gasteiger partial charge is 0.132 e. The number of rotatable bonds is 3. The van der Waals surface area contributed by atoms with Crippen LogP contribution < -0.4 is 5.32 Å². The predicted molar refractivity (Wildman–Crippen MR) is 79.1 cm³/mol. The van der Waals surface area contributed by atoms with Crippen LogP contribution in [0.2, 0.25) is 0 Å². The van der Waals surface area contributed by atoms with Gasteiger partial charge in [-0.25, -0.2) is 4.39 Å². The Morgan fingerprint density at radius 1 is 1.40 bits per heavy atom. The molecular weight excluding hydrogens is 253 g/mol. The van der Waals surface area contributed by atoms with Crippen molar-refractivity contribution >= 4 is 10.9 Å². The third-order valence-electron chi connectivity index (χ3n) is 4.11. The summed E-state index contributed by atoms with van der Waals surface area (Å²) in [5, 5.41) is 3.97. The first-order valence-electron chi connectivity index (χ1n) is 7.19. The lowest BCUT2D eigenvalue weighted by Crippen LogP contribution is -2.43. The van der Waals surface area contributed by atoms with E-state index in [2.05, 4.69) is 15.2 Å². The number of hydrogen-bond donors (Lipinski definition) is 1. The van der Waals surface area contributed by atoms with Gasteiger partial charge in [-0.2, -0.15) is 0 Å². The Labute approximate surface area is 118 Å². The summed E-state index contributed by atoms with van der Waals surface area (Å²) in [6, 6.07) is 7.57. The van der Waals surface area contributed by atoms with Gasteiger partial charge in [0.15, 0.2) is 0 Å². The minimum absolute atomic E-state index is 0.191. The van der Waals surface area contributed by atoms with Crippen LogP contribution in [0.15, 0.2) is 30.5 Å². The minimum Gasteiger partial charge on any atom is -0.316 e. The number of pyridine rings is 1. The topological polar surface area (TPSA) is 28.2 Å². The molecule has 2 aromatic rings.